The number of halogens is 3. The highest BCUT2D eigenvalue weighted by molar-refractivity contribution is 7.98. The van der Waals surface area contributed by atoms with Crippen molar-refractivity contribution in [1.29, 1.82) is 0 Å². The Morgan fingerprint density at radius 2 is 1.72 bits per heavy atom. The molecule has 0 atom stereocenters. The van der Waals surface area contributed by atoms with E-state index in [9.17, 15) is 18.0 Å². The van der Waals surface area contributed by atoms with Crippen molar-refractivity contribution in [2.45, 2.75) is 30.9 Å². The lowest BCUT2D eigenvalue weighted by Crippen LogP contribution is -2.47. The Kier molecular flexibility index (Phi) is 9.21. The second kappa shape index (κ2) is 12.6. The molecule has 1 aromatic heterocycles. The fourth-order valence-corrected chi connectivity index (χ4v) is 4.92. The molecule has 11 heteroatoms. The van der Waals surface area contributed by atoms with Gasteiger partial charge in [-0.1, -0.05) is 37.7 Å². The molecule has 1 fully saturated rings. The Morgan fingerprint density at radius 3 is 2.36 bits per heavy atom. The smallest absolute Gasteiger partial charge is 0.433 e. The number of nitrogens with zero attached hydrogens (tertiary/aromatic N) is 4. The second-order valence-electron chi connectivity index (χ2n) is 9.66. The van der Waals surface area contributed by atoms with E-state index in [2.05, 4.69) is 20.2 Å². The number of hydrogen-bond donors (Lipinski definition) is 1. The molecule has 0 unspecified atom stereocenters. The molecular weight excluding hydrogens is 527 g/mol. The molecule has 1 saturated heterocycles. The third-order valence-corrected chi connectivity index (χ3v) is 7.17. The summed E-state index contributed by atoms with van der Waals surface area (Å²) in [5, 5.41) is 2.92. The van der Waals surface area contributed by atoms with Gasteiger partial charge in [0, 0.05) is 55.8 Å². The molecule has 1 amide bonds. The lowest BCUT2D eigenvalue weighted by atomic mass is 10.1. The van der Waals surface area contributed by atoms with E-state index in [1.807, 2.05) is 49.1 Å². The van der Waals surface area contributed by atoms with Gasteiger partial charge in [0.2, 0.25) is 0 Å². The minimum Gasteiger partial charge on any atom is -0.497 e. The number of thioether (sulfide) groups is 1. The fraction of sp³-hybridized carbons (Fsp3) is 0.393. The summed E-state index contributed by atoms with van der Waals surface area (Å²) in [6, 6.07) is 15.8. The van der Waals surface area contributed by atoms with Crippen molar-refractivity contribution < 1.29 is 22.7 Å². The number of benzene rings is 2. The number of alkyl halides is 3. The SMILES string of the molecule is COc1ccc(N2CCN(c3cc(C(F)(F)F)nc(SCc4cccc(C(=O)NCC(C)C)c4)n3)CC2)cc1. The first-order chi connectivity index (χ1) is 18.6. The molecule has 7 nitrogen and oxygen atoms in total. The van der Waals surface area contributed by atoms with Gasteiger partial charge in [0.25, 0.3) is 5.91 Å². The summed E-state index contributed by atoms with van der Waals surface area (Å²) in [6.45, 7) is 6.93. The van der Waals surface area contributed by atoms with Crippen molar-refractivity contribution in [3.8, 4) is 5.75 Å². The molecule has 1 aliphatic heterocycles. The molecule has 4 rings (SSSR count). The van der Waals surface area contributed by atoms with Gasteiger partial charge >= 0.3 is 6.18 Å². The highest BCUT2D eigenvalue weighted by Gasteiger charge is 2.34. The number of amides is 1. The van der Waals surface area contributed by atoms with Crippen LogP contribution in [0, 0.1) is 5.92 Å². The number of anilines is 2. The third kappa shape index (κ3) is 7.78. The highest BCUT2D eigenvalue weighted by Crippen LogP contribution is 2.33. The van der Waals surface area contributed by atoms with Gasteiger partial charge in [0.05, 0.1) is 7.11 Å². The van der Waals surface area contributed by atoms with E-state index in [0.717, 1.165) is 34.8 Å². The number of rotatable bonds is 9. The van der Waals surface area contributed by atoms with E-state index in [0.29, 0.717) is 50.0 Å². The average Bonchev–Trinajstić information content (AvgIpc) is 2.94. The maximum atomic E-state index is 13.7. The average molecular weight is 560 g/mol. The van der Waals surface area contributed by atoms with Crippen molar-refractivity contribution >= 4 is 29.2 Å². The highest BCUT2D eigenvalue weighted by atomic mass is 32.2. The number of nitrogens with one attached hydrogen (secondary N) is 1. The van der Waals surface area contributed by atoms with Gasteiger partial charge in [-0.2, -0.15) is 13.2 Å². The molecule has 2 aromatic carbocycles. The number of ether oxygens (including phenoxy) is 1. The molecule has 1 aliphatic rings. The first kappa shape index (κ1) is 28.5. The normalized spacial score (nSPS) is 14.0. The van der Waals surface area contributed by atoms with Gasteiger partial charge < -0.3 is 19.9 Å². The van der Waals surface area contributed by atoms with Crippen molar-refractivity contribution in [3.63, 3.8) is 0 Å². The zero-order chi connectivity index (χ0) is 28.0. The van der Waals surface area contributed by atoms with Crippen molar-refractivity contribution in [2.75, 3.05) is 49.6 Å². The number of hydrogen-bond acceptors (Lipinski definition) is 7. The van der Waals surface area contributed by atoms with E-state index in [4.69, 9.17) is 4.74 Å². The van der Waals surface area contributed by atoms with Crippen LogP contribution in [0.4, 0.5) is 24.7 Å². The van der Waals surface area contributed by atoms with Crippen LogP contribution in [0.2, 0.25) is 0 Å². The van der Waals surface area contributed by atoms with Crippen molar-refractivity contribution in [3.05, 3.63) is 71.4 Å². The zero-order valence-corrected chi connectivity index (χ0v) is 23.0. The molecule has 0 saturated carbocycles. The van der Waals surface area contributed by atoms with E-state index >= 15 is 0 Å². The van der Waals surface area contributed by atoms with Crippen LogP contribution in [-0.4, -0.2) is 55.7 Å². The van der Waals surface area contributed by atoms with Crippen LogP contribution in [0.3, 0.4) is 0 Å². The Morgan fingerprint density at radius 1 is 1.03 bits per heavy atom. The molecule has 0 aliphatic carbocycles. The quantitative estimate of drug-likeness (QED) is 0.274. The minimum absolute atomic E-state index is 0.0482. The summed E-state index contributed by atoms with van der Waals surface area (Å²) in [6.07, 6.45) is -4.59. The summed E-state index contributed by atoms with van der Waals surface area (Å²) < 4.78 is 46.4. The van der Waals surface area contributed by atoms with Crippen LogP contribution < -0.4 is 19.9 Å². The topological polar surface area (TPSA) is 70.6 Å². The Labute approximate surface area is 230 Å². The van der Waals surface area contributed by atoms with Crippen LogP contribution in [0.25, 0.3) is 0 Å². The molecule has 1 N–H and O–H groups in total. The zero-order valence-electron chi connectivity index (χ0n) is 22.2. The second-order valence-corrected chi connectivity index (χ2v) is 10.6. The maximum absolute atomic E-state index is 13.7. The molecule has 0 spiro atoms. The lowest BCUT2D eigenvalue weighted by molar-refractivity contribution is -0.141. The van der Waals surface area contributed by atoms with Crippen LogP contribution in [0.1, 0.15) is 35.5 Å². The number of piperazine rings is 1. The summed E-state index contributed by atoms with van der Waals surface area (Å²) in [5.74, 6) is 1.50. The van der Waals surface area contributed by atoms with Gasteiger partial charge in [0.15, 0.2) is 10.9 Å². The van der Waals surface area contributed by atoms with Gasteiger partial charge in [-0.05, 0) is 47.9 Å². The van der Waals surface area contributed by atoms with Gasteiger partial charge in [-0.25, -0.2) is 9.97 Å². The number of carbonyl (C=O) groups is 1. The number of methoxy groups -OCH3 is 1. The van der Waals surface area contributed by atoms with Gasteiger partial charge in [-0.3, -0.25) is 4.79 Å². The van der Waals surface area contributed by atoms with E-state index < -0.39 is 11.9 Å². The molecule has 3 aromatic rings. The largest absolute Gasteiger partial charge is 0.497 e. The Bertz CT molecular complexity index is 1260. The molecule has 0 radical (unpaired) electrons. The molecule has 208 valence electrons. The number of carbonyl (C=O) groups excluding carboxylic acids is 1. The molecule has 0 bridgehead atoms. The standard InChI is InChI=1S/C28H32F3N5O2S/c1-19(2)17-32-26(37)21-6-4-5-20(15-21)18-39-27-33-24(28(29,30)31)16-25(34-27)36-13-11-35(12-14-36)22-7-9-23(38-3)10-8-22/h4-10,15-16,19H,11-14,17-18H2,1-3H3,(H,32,37). The molecule has 39 heavy (non-hydrogen) atoms. The predicted molar refractivity (Wildman–Crippen MR) is 148 cm³/mol. The van der Waals surface area contributed by atoms with Gasteiger partial charge in [0.1, 0.15) is 11.6 Å². The molecule has 2 heterocycles. The first-order valence-corrected chi connectivity index (χ1v) is 13.7. The summed E-state index contributed by atoms with van der Waals surface area (Å²) in [7, 11) is 1.61. The summed E-state index contributed by atoms with van der Waals surface area (Å²) in [5.41, 5.74) is 1.38. The summed E-state index contributed by atoms with van der Waals surface area (Å²) >= 11 is 1.12. The maximum Gasteiger partial charge on any atom is 0.433 e. The third-order valence-electron chi connectivity index (χ3n) is 6.25. The van der Waals surface area contributed by atoms with Crippen molar-refractivity contribution in [2.24, 2.45) is 5.92 Å². The lowest BCUT2D eigenvalue weighted by Gasteiger charge is -2.37. The predicted octanol–water partition coefficient (Wildman–Crippen LogP) is 5.51. The van der Waals surface area contributed by atoms with Crippen molar-refractivity contribution in [1.82, 2.24) is 15.3 Å². The number of aromatic nitrogens is 2. The summed E-state index contributed by atoms with van der Waals surface area (Å²) in [4.78, 5) is 24.7. The van der Waals surface area contributed by atoms with Crippen LogP contribution in [0.15, 0.2) is 59.8 Å². The molecular formula is C28H32F3N5O2S. The van der Waals surface area contributed by atoms with Gasteiger partial charge in [-0.15, -0.1) is 0 Å². The van der Waals surface area contributed by atoms with E-state index in [1.165, 1.54) is 0 Å². The fourth-order valence-electron chi connectivity index (χ4n) is 4.12. The van der Waals surface area contributed by atoms with Crippen LogP contribution in [0.5, 0.6) is 5.75 Å². The first-order valence-electron chi connectivity index (χ1n) is 12.7. The minimum atomic E-state index is -4.59. The van der Waals surface area contributed by atoms with E-state index in [1.54, 1.807) is 25.3 Å². The van der Waals surface area contributed by atoms with Crippen LogP contribution >= 0.6 is 11.8 Å². The monoisotopic (exact) mass is 559 g/mol. The Balaban J connectivity index is 1.45. The Hall–Kier alpha value is -3.47. The van der Waals surface area contributed by atoms with E-state index in [-0.39, 0.29) is 16.9 Å². The van der Waals surface area contributed by atoms with Crippen LogP contribution in [-0.2, 0) is 11.9 Å².